The van der Waals surface area contributed by atoms with Gasteiger partial charge in [-0.25, -0.2) is 9.97 Å². The summed E-state index contributed by atoms with van der Waals surface area (Å²) in [7, 11) is 0. The molecule has 0 bridgehead atoms. The van der Waals surface area contributed by atoms with Gasteiger partial charge < -0.3 is 9.30 Å². The largest absolute Gasteiger partial charge is 0.472 e. The fourth-order valence-electron chi connectivity index (χ4n) is 3.02. The van der Waals surface area contributed by atoms with Crippen LogP contribution in [0.15, 0.2) is 79.0 Å². The lowest BCUT2D eigenvalue weighted by Gasteiger charge is -2.10. The lowest BCUT2D eigenvalue weighted by molar-refractivity contribution is 0.294. The molecule has 134 valence electrons. The summed E-state index contributed by atoms with van der Waals surface area (Å²) in [5.41, 5.74) is 4.86. The first kappa shape index (κ1) is 17.0. The number of imidazole rings is 1. The molecular formula is C23H21N3O. The number of rotatable bonds is 5. The maximum absolute atomic E-state index is 6.05. The number of benzene rings is 2. The third kappa shape index (κ3) is 3.75. The lowest BCUT2D eigenvalue weighted by Crippen LogP contribution is -2.00. The molecule has 0 aliphatic rings. The molecule has 0 saturated heterocycles. The molecule has 0 aliphatic heterocycles. The molecule has 0 amide bonds. The second-order valence-electron chi connectivity index (χ2n) is 6.46. The molecule has 0 fully saturated rings. The summed E-state index contributed by atoms with van der Waals surface area (Å²) in [6.45, 7) is 4.44. The van der Waals surface area contributed by atoms with Crippen LogP contribution in [0, 0.1) is 13.8 Å². The second kappa shape index (κ2) is 7.46. The van der Waals surface area contributed by atoms with E-state index in [1.807, 2.05) is 80.7 Å². The van der Waals surface area contributed by atoms with Crippen LogP contribution in [0.25, 0.3) is 16.9 Å². The number of hydrogen-bond donors (Lipinski definition) is 0. The molecule has 0 aliphatic carbocycles. The highest BCUT2D eigenvalue weighted by Gasteiger charge is 2.14. The van der Waals surface area contributed by atoms with E-state index < -0.39 is 0 Å². The molecule has 27 heavy (non-hydrogen) atoms. The van der Waals surface area contributed by atoms with Crippen LogP contribution in [-0.2, 0) is 6.61 Å². The zero-order valence-electron chi connectivity index (χ0n) is 15.5. The Kier molecular flexibility index (Phi) is 4.71. The SMILES string of the molecule is Cc1ccc(-c2cn(-c3ccccc3)c(C)n2)c(OCc2ccccc2)n1. The summed E-state index contributed by atoms with van der Waals surface area (Å²) in [5.74, 6) is 1.53. The molecule has 0 unspecified atom stereocenters. The smallest absolute Gasteiger partial charge is 0.223 e. The molecule has 0 N–H and O–H groups in total. The number of nitrogens with zero attached hydrogens (tertiary/aromatic N) is 3. The van der Waals surface area contributed by atoms with Crippen molar-refractivity contribution in [2.45, 2.75) is 20.5 Å². The minimum atomic E-state index is 0.475. The van der Waals surface area contributed by atoms with Crippen LogP contribution in [0.1, 0.15) is 17.1 Å². The molecule has 0 spiro atoms. The van der Waals surface area contributed by atoms with Crippen molar-refractivity contribution in [1.29, 1.82) is 0 Å². The van der Waals surface area contributed by atoms with Gasteiger partial charge in [-0.3, -0.25) is 0 Å². The Labute approximate surface area is 159 Å². The molecule has 4 nitrogen and oxygen atoms in total. The Balaban J connectivity index is 1.68. The second-order valence-corrected chi connectivity index (χ2v) is 6.46. The zero-order valence-corrected chi connectivity index (χ0v) is 15.5. The van der Waals surface area contributed by atoms with E-state index in [1.165, 1.54) is 0 Å². The Morgan fingerprint density at radius 3 is 2.26 bits per heavy atom. The molecule has 2 aromatic heterocycles. The number of ether oxygens (including phenoxy) is 1. The zero-order chi connectivity index (χ0) is 18.6. The summed E-state index contributed by atoms with van der Waals surface area (Å²) >= 11 is 0. The van der Waals surface area contributed by atoms with Gasteiger partial charge in [-0.05, 0) is 43.7 Å². The highest BCUT2D eigenvalue weighted by Crippen LogP contribution is 2.29. The first-order chi connectivity index (χ1) is 13.2. The number of hydrogen-bond acceptors (Lipinski definition) is 3. The predicted octanol–water partition coefficient (Wildman–Crippen LogP) is 5.13. The van der Waals surface area contributed by atoms with Crippen LogP contribution in [0.5, 0.6) is 5.88 Å². The van der Waals surface area contributed by atoms with Gasteiger partial charge in [0.15, 0.2) is 0 Å². The minimum absolute atomic E-state index is 0.475. The first-order valence-corrected chi connectivity index (χ1v) is 8.97. The van der Waals surface area contributed by atoms with Crippen molar-refractivity contribution in [2.24, 2.45) is 0 Å². The summed E-state index contributed by atoms with van der Waals surface area (Å²) in [5, 5.41) is 0. The van der Waals surface area contributed by atoms with Crippen LogP contribution >= 0.6 is 0 Å². The maximum atomic E-state index is 6.05. The van der Waals surface area contributed by atoms with Gasteiger partial charge >= 0.3 is 0 Å². The first-order valence-electron chi connectivity index (χ1n) is 8.97. The Morgan fingerprint density at radius 1 is 0.815 bits per heavy atom. The van der Waals surface area contributed by atoms with E-state index >= 15 is 0 Å². The highest BCUT2D eigenvalue weighted by atomic mass is 16.5. The van der Waals surface area contributed by atoms with Crippen molar-refractivity contribution < 1.29 is 4.74 Å². The van der Waals surface area contributed by atoms with Crippen LogP contribution in [0.4, 0.5) is 0 Å². The van der Waals surface area contributed by atoms with Crippen LogP contribution in [-0.4, -0.2) is 14.5 Å². The van der Waals surface area contributed by atoms with Crippen LogP contribution in [0.3, 0.4) is 0 Å². The van der Waals surface area contributed by atoms with Gasteiger partial charge in [0.05, 0.1) is 11.3 Å². The third-order valence-corrected chi connectivity index (χ3v) is 4.41. The lowest BCUT2D eigenvalue weighted by atomic mass is 10.2. The number of pyridine rings is 1. The number of aryl methyl sites for hydroxylation is 2. The maximum Gasteiger partial charge on any atom is 0.223 e. The van der Waals surface area contributed by atoms with Gasteiger partial charge in [0.1, 0.15) is 12.4 Å². The fourth-order valence-corrected chi connectivity index (χ4v) is 3.02. The van der Waals surface area contributed by atoms with Crippen LogP contribution in [0.2, 0.25) is 0 Å². The van der Waals surface area contributed by atoms with E-state index in [9.17, 15) is 0 Å². The standard InChI is InChI=1S/C23H21N3O/c1-17-13-14-21(23(24-17)27-16-19-9-5-3-6-10-19)22-15-26(18(2)25-22)20-11-7-4-8-12-20/h3-15H,16H2,1-2H3. The Hall–Kier alpha value is -3.40. The minimum Gasteiger partial charge on any atom is -0.472 e. The molecule has 0 saturated carbocycles. The van der Waals surface area contributed by atoms with Crippen molar-refractivity contribution >= 4 is 0 Å². The van der Waals surface area contributed by atoms with Gasteiger partial charge in [0.25, 0.3) is 0 Å². The van der Waals surface area contributed by atoms with Gasteiger partial charge in [-0.15, -0.1) is 0 Å². The van der Waals surface area contributed by atoms with Gasteiger partial charge in [0, 0.05) is 17.6 Å². The molecule has 2 heterocycles. The monoisotopic (exact) mass is 355 g/mol. The third-order valence-electron chi connectivity index (χ3n) is 4.41. The number of aromatic nitrogens is 3. The fraction of sp³-hybridized carbons (Fsp3) is 0.130. The van der Waals surface area contributed by atoms with E-state index in [2.05, 4.69) is 21.7 Å². The molecule has 4 aromatic rings. The van der Waals surface area contributed by atoms with E-state index in [-0.39, 0.29) is 0 Å². The van der Waals surface area contributed by atoms with Crippen molar-refractivity contribution in [3.63, 3.8) is 0 Å². The summed E-state index contributed by atoms with van der Waals surface area (Å²) in [4.78, 5) is 9.35. The average Bonchev–Trinajstić information content (AvgIpc) is 3.09. The van der Waals surface area contributed by atoms with Gasteiger partial charge in [0.2, 0.25) is 5.88 Å². The highest BCUT2D eigenvalue weighted by molar-refractivity contribution is 5.65. The molecule has 2 aromatic carbocycles. The van der Waals surface area contributed by atoms with E-state index in [0.29, 0.717) is 12.5 Å². The van der Waals surface area contributed by atoms with Crippen molar-refractivity contribution in [1.82, 2.24) is 14.5 Å². The number of para-hydroxylation sites is 1. The van der Waals surface area contributed by atoms with E-state index in [0.717, 1.165) is 34.0 Å². The molecular weight excluding hydrogens is 334 g/mol. The quantitative estimate of drug-likeness (QED) is 0.498. The molecule has 0 atom stereocenters. The van der Waals surface area contributed by atoms with Crippen molar-refractivity contribution in [2.75, 3.05) is 0 Å². The van der Waals surface area contributed by atoms with Crippen molar-refractivity contribution in [3.8, 4) is 22.8 Å². The Bertz CT molecular complexity index is 1040. The summed E-state index contributed by atoms with van der Waals surface area (Å²) < 4.78 is 8.13. The van der Waals surface area contributed by atoms with Crippen LogP contribution < -0.4 is 4.74 Å². The normalized spacial score (nSPS) is 10.7. The topological polar surface area (TPSA) is 39.9 Å². The van der Waals surface area contributed by atoms with Crippen molar-refractivity contribution in [3.05, 3.63) is 96.1 Å². The average molecular weight is 355 g/mol. The van der Waals surface area contributed by atoms with E-state index in [4.69, 9.17) is 9.72 Å². The summed E-state index contributed by atoms with van der Waals surface area (Å²) in [6.07, 6.45) is 2.03. The van der Waals surface area contributed by atoms with E-state index in [1.54, 1.807) is 0 Å². The predicted molar refractivity (Wildman–Crippen MR) is 107 cm³/mol. The van der Waals surface area contributed by atoms with Gasteiger partial charge in [-0.2, -0.15) is 0 Å². The molecule has 4 rings (SSSR count). The molecule has 0 radical (unpaired) electrons. The Morgan fingerprint density at radius 2 is 1.52 bits per heavy atom. The van der Waals surface area contributed by atoms with Gasteiger partial charge in [-0.1, -0.05) is 48.5 Å². The summed E-state index contributed by atoms with van der Waals surface area (Å²) in [6, 6.07) is 24.3. The molecule has 4 heteroatoms.